The molecular formula is C20H25F2N3O3. The predicted molar refractivity (Wildman–Crippen MR) is 99.0 cm³/mol. The number of hydrogen-bond donors (Lipinski definition) is 1. The van der Waals surface area contributed by atoms with Gasteiger partial charge < -0.3 is 19.4 Å². The highest BCUT2D eigenvalue weighted by molar-refractivity contribution is 5.91. The first-order valence-electron chi connectivity index (χ1n) is 9.47. The summed E-state index contributed by atoms with van der Waals surface area (Å²) in [5.41, 5.74) is 0.134. The summed E-state index contributed by atoms with van der Waals surface area (Å²) in [6, 6.07) is 4.15. The quantitative estimate of drug-likeness (QED) is 0.781. The molecule has 1 amide bonds. The number of ether oxygens (including phenoxy) is 1. The molecule has 1 N–H and O–H groups in total. The average molecular weight is 393 g/mol. The summed E-state index contributed by atoms with van der Waals surface area (Å²) in [5.74, 6) is -2.12. The van der Waals surface area contributed by atoms with Crippen LogP contribution in [0.1, 0.15) is 43.1 Å². The zero-order valence-corrected chi connectivity index (χ0v) is 16.1. The van der Waals surface area contributed by atoms with Gasteiger partial charge in [-0.25, -0.2) is 9.37 Å². The summed E-state index contributed by atoms with van der Waals surface area (Å²) in [6.07, 6.45) is 3.44. The molecular weight excluding hydrogens is 368 g/mol. The lowest BCUT2D eigenvalue weighted by atomic mass is 9.97. The zero-order chi connectivity index (χ0) is 20.1. The van der Waals surface area contributed by atoms with Crippen molar-refractivity contribution in [2.75, 3.05) is 19.6 Å². The molecule has 152 valence electrons. The number of likely N-dealkylation sites (tertiary alicyclic amines) is 1. The maximum Gasteiger partial charge on any atom is 0.273 e. The number of piperidine rings is 1. The number of nitrogens with one attached hydrogen (secondary N) is 1. The number of oxazole rings is 1. The van der Waals surface area contributed by atoms with Crippen molar-refractivity contribution in [3.05, 3.63) is 47.7 Å². The molecule has 0 aliphatic carbocycles. The van der Waals surface area contributed by atoms with E-state index in [4.69, 9.17) is 9.15 Å². The smallest absolute Gasteiger partial charge is 0.273 e. The lowest BCUT2D eigenvalue weighted by Gasteiger charge is -2.35. The number of hydrogen-bond acceptors (Lipinski definition) is 5. The highest BCUT2D eigenvalue weighted by Gasteiger charge is 2.22. The first-order chi connectivity index (χ1) is 13.4. The maximum atomic E-state index is 13.6. The van der Waals surface area contributed by atoms with E-state index >= 15 is 0 Å². The van der Waals surface area contributed by atoms with Crippen LogP contribution in [0.2, 0.25) is 0 Å². The molecule has 6 nitrogen and oxygen atoms in total. The topological polar surface area (TPSA) is 67.6 Å². The van der Waals surface area contributed by atoms with Gasteiger partial charge in [-0.1, -0.05) is 6.07 Å². The molecule has 1 aromatic carbocycles. The second-order valence-corrected chi connectivity index (χ2v) is 7.27. The molecule has 8 heteroatoms. The largest absolute Gasteiger partial charge is 0.481 e. The Bertz CT molecular complexity index is 810. The van der Waals surface area contributed by atoms with Crippen molar-refractivity contribution >= 4 is 5.91 Å². The monoisotopic (exact) mass is 393 g/mol. The van der Waals surface area contributed by atoms with Gasteiger partial charge in [-0.2, -0.15) is 4.39 Å². The molecule has 0 saturated carbocycles. The van der Waals surface area contributed by atoms with Crippen molar-refractivity contribution in [1.29, 1.82) is 0 Å². The summed E-state index contributed by atoms with van der Waals surface area (Å²) < 4.78 is 37.1. The second-order valence-electron chi connectivity index (χ2n) is 7.27. The Morgan fingerprint density at radius 2 is 2.25 bits per heavy atom. The lowest BCUT2D eigenvalue weighted by molar-refractivity contribution is 0.0917. The van der Waals surface area contributed by atoms with Crippen LogP contribution in [0.15, 0.2) is 28.9 Å². The van der Waals surface area contributed by atoms with Gasteiger partial charge in [0.25, 0.3) is 5.91 Å². The number of halogens is 2. The van der Waals surface area contributed by atoms with Crippen molar-refractivity contribution in [3.63, 3.8) is 0 Å². The molecule has 0 radical (unpaired) electrons. The van der Waals surface area contributed by atoms with E-state index in [1.165, 1.54) is 18.4 Å². The molecule has 1 aliphatic rings. The van der Waals surface area contributed by atoms with Crippen LogP contribution >= 0.6 is 0 Å². The fourth-order valence-electron chi connectivity index (χ4n) is 3.28. The Hall–Kier alpha value is -2.48. The van der Waals surface area contributed by atoms with Gasteiger partial charge >= 0.3 is 0 Å². The van der Waals surface area contributed by atoms with E-state index in [0.717, 1.165) is 32.0 Å². The van der Waals surface area contributed by atoms with Gasteiger partial charge in [0.05, 0.1) is 0 Å². The summed E-state index contributed by atoms with van der Waals surface area (Å²) in [4.78, 5) is 18.8. The van der Waals surface area contributed by atoms with Gasteiger partial charge in [0, 0.05) is 19.1 Å². The molecule has 1 aliphatic heterocycles. The fourth-order valence-corrected chi connectivity index (χ4v) is 3.28. The summed E-state index contributed by atoms with van der Waals surface area (Å²) in [6.45, 7) is 6.79. The third-order valence-electron chi connectivity index (χ3n) is 4.88. The number of rotatable bonds is 7. The number of benzene rings is 1. The van der Waals surface area contributed by atoms with Gasteiger partial charge in [-0.15, -0.1) is 0 Å². The van der Waals surface area contributed by atoms with Gasteiger partial charge in [0.1, 0.15) is 6.26 Å². The van der Waals surface area contributed by atoms with E-state index in [2.05, 4.69) is 29.0 Å². The summed E-state index contributed by atoms with van der Waals surface area (Å²) in [7, 11) is 0. The average Bonchev–Trinajstić information content (AvgIpc) is 3.16. The highest BCUT2D eigenvalue weighted by Crippen LogP contribution is 2.20. The van der Waals surface area contributed by atoms with Crippen molar-refractivity contribution in [2.24, 2.45) is 5.92 Å². The summed E-state index contributed by atoms with van der Waals surface area (Å²) in [5, 5.41) is 2.89. The van der Waals surface area contributed by atoms with Crippen LogP contribution in [0.5, 0.6) is 5.75 Å². The van der Waals surface area contributed by atoms with Crippen LogP contribution in [0.3, 0.4) is 0 Å². The van der Waals surface area contributed by atoms with Gasteiger partial charge in [-0.3, -0.25) is 4.79 Å². The van der Waals surface area contributed by atoms with E-state index < -0.39 is 11.6 Å². The SMILES string of the molecule is CC(C)N1CCC[C@@H](CNC(=O)c2coc(COc3cccc(F)c3F)n2)C1. The molecule has 1 aromatic heterocycles. The van der Waals surface area contributed by atoms with Crippen LogP contribution in [0.25, 0.3) is 0 Å². The molecule has 28 heavy (non-hydrogen) atoms. The Morgan fingerprint density at radius 1 is 1.43 bits per heavy atom. The van der Waals surface area contributed by atoms with Gasteiger partial charge in [-0.05, 0) is 51.3 Å². The van der Waals surface area contributed by atoms with Crippen molar-refractivity contribution in [3.8, 4) is 5.75 Å². The van der Waals surface area contributed by atoms with Crippen LogP contribution < -0.4 is 10.1 Å². The molecule has 0 bridgehead atoms. The predicted octanol–water partition coefficient (Wildman–Crippen LogP) is 3.38. The van der Waals surface area contributed by atoms with Crippen LogP contribution in [0, 0.1) is 17.6 Å². The van der Waals surface area contributed by atoms with E-state index in [1.54, 1.807) is 0 Å². The Balaban J connectivity index is 1.49. The minimum atomic E-state index is -1.07. The molecule has 1 fully saturated rings. The van der Waals surface area contributed by atoms with Crippen molar-refractivity contribution in [2.45, 2.75) is 39.3 Å². The zero-order valence-electron chi connectivity index (χ0n) is 16.1. The Labute approximate surface area is 162 Å². The van der Waals surface area contributed by atoms with Crippen LogP contribution in [-0.2, 0) is 6.61 Å². The van der Waals surface area contributed by atoms with Crippen LogP contribution in [-0.4, -0.2) is 41.5 Å². The number of nitrogens with zero attached hydrogens (tertiary/aromatic N) is 2. The van der Waals surface area contributed by atoms with E-state index in [0.29, 0.717) is 18.5 Å². The molecule has 0 unspecified atom stereocenters. The molecule has 3 rings (SSSR count). The summed E-state index contributed by atoms with van der Waals surface area (Å²) >= 11 is 0. The van der Waals surface area contributed by atoms with Crippen molar-refractivity contribution < 1.29 is 22.7 Å². The minimum Gasteiger partial charge on any atom is -0.481 e. The Morgan fingerprint density at radius 3 is 3.04 bits per heavy atom. The molecule has 1 saturated heterocycles. The molecule has 2 heterocycles. The number of carbonyl (C=O) groups is 1. The number of amides is 1. The normalized spacial score (nSPS) is 17.7. The third kappa shape index (κ3) is 5.07. The maximum absolute atomic E-state index is 13.6. The van der Waals surface area contributed by atoms with Gasteiger partial charge in [0.2, 0.25) is 11.7 Å². The first-order valence-corrected chi connectivity index (χ1v) is 9.47. The molecule has 0 spiro atoms. The highest BCUT2D eigenvalue weighted by atomic mass is 19.2. The van der Waals surface area contributed by atoms with Gasteiger partial charge in [0.15, 0.2) is 23.9 Å². The molecule has 2 aromatic rings. The lowest BCUT2D eigenvalue weighted by Crippen LogP contribution is -2.43. The third-order valence-corrected chi connectivity index (χ3v) is 4.88. The van der Waals surface area contributed by atoms with E-state index in [-0.39, 0.29) is 29.8 Å². The fraction of sp³-hybridized carbons (Fsp3) is 0.500. The van der Waals surface area contributed by atoms with Crippen LogP contribution in [0.4, 0.5) is 8.78 Å². The van der Waals surface area contributed by atoms with E-state index in [1.807, 2.05) is 0 Å². The molecule has 1 atom stereocenters. The number of carbonyl (C=O) groups excluding carboxylic acids is 1. The van der Waals surface area contributed by atoms with E-state index in [9.17, 15) is 13.6 Å². The number of aromatic nitrogens is 1. The standard InChI is InChI=1S/C20H25F2N3O3/c1-13(2)25-8-4-5-14(10-25)9-23-20(26)16-11-28-18(24-16)12-27-17-7-3-6-15(21)19(17)22/h3,6-7,11,13-14H,4-5,8-10,12H2,1-2H3,(H,23,26)/t14-/m0/s1. The Kier molecular flexibility index (Phi) is 6.61. The van der Waals surface area contributed by atoms with Crippen molar-refractivity contribution in [1.82, 2.24) is 15.2 Å². The first kappa shape index (κ1) is 20.3. The minimum absolute atomic E-state index is 0.109. The second kappa shape index (κ2) is 9.14.